The topological polar surface area (TPSA) is 144 Å². The molecule has 0 spiro atoms. The third-order valence-electron chi connectivity index (χ3n) is 8.42. The van der Waals surface area contributed by atoms with E-state index in [0.29, 0.717) is 39.7 Å². The SMILES string of the molecule is C=C[C@@H]1C[C@]1(NC(=O)[C@H]1C[C@@H](Oc2ccnc3c(Br)c(OC)ccc23)CN1C(=O)CC(C)(C)CBr)C(=O)NS(=O)(=O)C1CC1. The molecule has 3 fully saturated rings. The van der Waals surface area contributed by atoms with Crippen molar-refractivity contribution in [3.05, 3.63) is 41.5 Å². The van der Waals surface area contributed by atoms with E-state index >= 15 is 0 Å². The van der Waals surface area contributed by atoms with Crippen LogP contribution in [0.2, 0.25) is 0 Å². The summed E-state index contributed by atoms with van der Waals surface area (Å²) >= 11 is 7.00. The number of ether oxygens (including phenoxy) is 2. The molecule has 3 amide bonds. The number of pyridine rings is 1. The minimum absolute atomic E-state index is 0.149. The number of nitrogens with one attached hydrogen (secondary N) is 2. The average Bonchev–Trinajstić information content (AvgIpc) is 3.90. The van der Waals surface area contributed by atoms with E-state index in [0.717, 1.165) is 5.39 Å². The Bertz CT molecular complexity index is 1610. The number of methoxy groups -OCH3 is 1. The smallest absolute Gasteiger partial charge is 0.259 e. The molecule has 1 aromatic carbocycles. The number of hydrogen-bond donors (Lipinski definition) is 2. The normalized spacial score (nSPS) is 24.9. The summed E-state index contributed by atoms with van der Waals surface area (Å²) in [6.45, 7) is 7.81. The van der Waals surface area contributed by atoms with Crippen LogP contribution in [-0.4, -0.2) is 77.9 Å². The standard InChI is InChI=1S/C30H36Br2N4O7S/c1-5-17-13-30(17,28(39)35-44(40,41)19-6-7-19)34-27(38)21-12-18(15-36(21)24(37)14-29(2,3)16-31)43-22-10-11-33-26-20(22)8-9-23(42-4)25(26)32/h5,8-11,17-19,21H,1,6-7,12-16H2,2-4H3,(H,34,38)(H,35,39)/t17-,18-,21-,30-/m1/s1. The van der Waals surface area contributed by atoms with Crippen molar-refractivity contribution in [2.24, 2.45) is 11.3 Å². The van der Waals surface area contributed by atoms with Crippen LogP contribution < -0.4 is 19.5 Å². The van der Waals surface area contributed by atoms with Crippen molar-refractivity contribution in [1.29, 1.82) is 0 Å². The summed E-state index contributed by atoms with van der Waals surface area (Å²) in [5.41, 5.74) is -1.18. The van der Waals surface area contributed by atoms with Crippen LogP contribution in [0.5, 0.6) is 11.5 Å². The first-order chi connectivity index (χ1) is 20.7. The third kappa shape index (κ3) is 6.48. The van der Waals surface area contributed by atoms with Crippen LogP contribution in [0.4, 0.5) is 0 Å². The van der Waals surface area contributed by atoms with Gasteiger partial charge in [0.25, 0.3) is 5.91 Å². The molecule has 3 aliphatic rings. The molecule has 238 valence electrons. The largest absolute Gasteiger partial charge is 0.495 e. The fourth-order valence-electron chi connectivity index (χ4n) is 5.56. The molecule has 2 heterocycles. The molecule has 2 saturated carbocycles. The van der Waals surface area contributed by atoms with E-state index in [1.807, 2.05) is 19.9 Å². The molecular formula is C30H36Br2N4O7S. The molecule has 2 N–H and O–H groups in total. The van der Waals surface area contributed by atoms with Gasteiger partial charge in [0.2, 0.25) is 21.8 Å². The Labute approximate surface area is 273 Å². The predicted molar refractivity (Wildman–Crippen MR) is 172 cm³/mol. The van der Waals surface area contributed by atoms with Gasteiger partial charge >= 0.3 is 0 Å². The highest BCUT2D eigenvalue weighted by molar-refractivity contribution is 9.10. The lowest BCUT2D eigenvalue weighted by molar-refractivity contribution is -0.140. The number of likely N-dealkylation sites (tertiary alicyclic amines) is 1. The number of nitrogens with zero attached hydrogens (tertiary/aromatic N) is 2. The van der Waals surface area contributed by atoms with Gasteiger partial charge in [0.1, 0.15) is 29.2 Å². The van der Waals surface area contributed by atoms with Crippen LogP contribution in [0.1, 0.15) is 46.0 Å². The van der Waals surface area contributed by atoms with Gasteiger partial charge in [-0.2, -0.15) is 0 Å². The maximum Gasteiger partial charge on any atom is 0.259 e. The lowest BCUT2D eigenvalue weighted by Gasteiger charge is -2.29. The number of halogens is 2. The van der Waals surface area contributed by atoms with Gasteiger partial charge in [-0.05, 0) is 58.8 Å². The van der Waals surface area contributed by atoms with Crippen LogP contribution in [0.3, 0.4) is 0 Å². The maximum absolute atomic E-state index is 13.9. The Morgan fingerprint density at radius 1 is 1.23 bits per heavy atom. The second-order valence-corrected chi connectivity index (χ2v) is 15.8. The number of rotatable bonds is 12. The van der Waals surface area contributed by atoms with Gasteiger partial charge in [-0.25, -0.2) is 8.42 Å². The molecule has 1 saturated heterocycles. The average molecular weight is 757 g/mol. The number of hydrogen-bond acceptors (Lipinski definition) is 8. The van der Waals surface area contributed by atoms with E-state index in [2.05, 4.69) is 53.5 Å². The Morgan fingerprint density at radius 3 is 2.57 bits per heavy atom. The van der Waals surface area contributed by atoms with Gasteiger partial charge in [-0.1, -0.05) is 35.9 Å². The lowest BCUT2D eigenvalue weighted by Crippen LogP contribution is -2.56. The van der Waals surface area contributed by atoms with E-state index < -0.39 is 50.7 Å². The van der Waals surface area contributed by atoms with E-state index in [-0.39, 0.29) is 37.1 Å². The van der Waals surface area contributed by atoms with Gasteiger partial charge in [0.15, 0.2) is 0 Å². The van der Waals surface area contributed by atoms with Crippen molar-refractivity contribution in [2.45, 2.75) is 68.9 Å². The minimum Gasteiger partial charge on any atom is -0.495 e. The van der Waals surface area contributed by atoms with E-state index in [1.165, 1.54) is 11.0 Å². The van der Waals surface area contributed by atoms with Crippen LogP contribution in [-0.2, 0) is 24.4 Å². The summed E-state index contributed by atoms with van der Waals surface area (Å²) in [4.78, 5) is 46.7. The number of sulfonamides is 1. The number of carbonyl (C=O) groups is 3. The first-order valence-corrected chi connectivity index (χ1v) is 17.8. The Kier molecular flexibility index (Phi) is 9.09. The molecule has 44 heavy (non-hydrogen) atoms. The zero-order chi connectivity index (χ0) is 32.0. The molecule has 0 bridgehead atoms. The molecule has 0 unspecified atom stereocenters. The van der Waals surface area contributed by atoms with E-state index in [9.17, 15) is 22.8 Å². The number of fused-ring (bicyclic) bond motifs is 1. The van der Waals surface area contributed by atoms with Crippen LogP contribution >= 0.6 is 31.9 Å². The quantitative estimate of drug-likeness (QED) is 0.246. The van der Waals surface area contributed by atoms with Crippen molar-refractivity contribution in [2.75, 3.05) is 19.0 Å². The van der Waals surface area contributed by atoms with E-state index in [1.54, 1.807) is 25.4 Å². The minimum atomic E-state index is -3.82. The van der Waals surface area contributed by atoms with Gasteiger partial charge in [0, 0.05) is 35.7 Å². The third-order valence-corrected chi connectivity index (χ3v) is 12.5. The number of benzene rings is 1. The summed E-state index contributed by atoms with van der Waals surface area (Å²) in [5.74, 6) is -0.838. The Balaban J connectivity index is 1.39. The molecule has 1 aliphatic heterocycles. The first-order valence-electron chi connectivity index (χ1n) is 14.4. The Hall–Kier alpha value is -2.71. The fourth-order valence-corrected chi connectivity index (χ4v) is 7.74. The number of amides is 3. The molecule has 1 aromatic heterocycles. The first kappa shape index (κ1) is 32.7. The molecule has 14 heteroatoms. The Morgan fingerprint density at radius 2 is 1.95 bits per heavy atom. The van der Waals surface area contributed by atoms with Gasteiger partial charge < -0.3 is 19.7 Å². The second kappa shape index (κ2) is 12.2. The van der Waals surface area contributed by atoms with Crippen LogP contribution in [0, 0.1) is 11.3 Å². The molecule has 5 rings (SSSR count). The summed E-state index contributed by atoms with van der Waals surface area (Å²) in [6, 6.07) is 4.42. The van der Waals surface area contributed by atoms with Gasteiger partial charge in [0.05, 0.1) is 28.9 Å². The number of alkyl halides is 1. The van der Waals surface area contributed by atoms with Crippen molar-refractivity contribution in [1.82, 2.24) is 19.9 Å². The summed E-state index contributed by atoms with van der Waals surface area (Å²) in [7, 11) is -2.26. The van der Waals surface area contributed by atoms with Crippen molar-refractivity contribution < 1.29 is 32.3 Å². The zero-order valence-electron chi connectivity index (χ0n) is 24.8. The number of aromatic nitrogens is 1. The molecule has 0 radical (unpaired) electrons. The molecule has 2 aliphatic carbocycles. The van der Waals surface area contributed by atoms with Crippen molar-refractivity contribution in [3.8, 4) is 11.5 Å². The highest BCUT2D eigenvalue weighted by atomic mass is 79.9. The summed E-state index contributed by atoms with van der Waals surface area (Å²) < 4.78 is 39.7. The van der Waals surface area contributed by atoms with Crippen molar-refractivity contribution >= 4 is 70.5 Å². The second-order valence-electron chi connectivity index (χ2n) is 12.5. The van der Waals surface area contributed by atoms with Crippen LogP contribution in [0.25, 0.3) is 10.9 Å². The van der Waals surface area contributed by atoms with Gasteiger partial charge in [-0.15, -0.1) is 6.58 Å². The predicted octanol–water partition coefficient (Wildman–Crippen LogP) is 3.83. The maximum atomic E-state index is 13.9. The molecule has 4 atom stereocenters. The molecule has 2 aromatic rings. The lowest BCUT2D eigenvalue weighted by atomic mass is 9.91. The molecular weight excluding hydrogens is 720 g/mol. The summed E-state index contributed by atoms with van der Waals surface area (Å²) in [6.07, 6.45) is 4.17. The van der Waals surface area contributed by atoms with Gasteiger partial charge in [-0.3, -0.25) is 24.1 Å². The highest BCUT2D eigenvalue weighted by Crippen LogP contribution is 2.46. The monoisotopic (exact) mass is 754 g/mol. The summed E-state index contributed by atoms with van der Waals surface area (Å²) in [5, 5.41) is 3.53. The molecule has 11 nitrogen and oxygen atoms in total. The van der Waals surface area contributed by atoms with E-state index in [4.69, 9.17) is 9.47 Å². The number of carbonyl (C=O) groups excluding carboxylic acids is 3. The van der Waals surface area contributed by atoms with Crippen LogP contribution in [0.15, 0.2) is 41.5 Å². The van der Waals surface area contributed by atoms with Crippen molar-refractivity contribution in [3.63, 3.8) is 0 Å². The fraction of sp³-hybridized carbons (Fsp3) is 0.533. The highest BCUT2D eigenvalue weighted by Gasteiger charge is 2.62. The zero-order valence-corrected chi connectivity index (χ0v) is 28.8.